The standard InChI is InChI=1S/C16H25N5/c1-11(2)14-9-16(20-7-6-13(10-20)19(4)5)21-15(17-14)8-12(3)18-21/h8-9,11,13H,6-7,10H2,1-5H3/t13-/m0/s1. The van der Waals surface area contributed by atoms with Crippen LogP contribution >= 0.6 is 0 Å². The molecule has 0 amide bonds. The van der Waals surface area contributed by atoms with Crippen molar-refractivity contribution in [1.82, 2.24) is 19.5 Å². The Kier molecular flexibility index (Phi) is 3.61. The summed E-state index contributed by atoms with van der Waals surface area (Å²) < 4.78 is 2.00. The number of aryl methyl sites for hydroxylation is 1. The summed E-state index contributed by atoms with van der Waals surface area (Å²) in [6, 6.07) is 4.89. The van der Waals surface area contributed by atoms with Crippen molar-refractivity contribution in [1.29, 1.82) is 0 Å². The van der Waals surface area contributed by atoms with Crippen LogP contribution in [0.4, 0.5) is 5.82 Å². The van der Waals surface area contributed by atoms with Gasteiger partial charge in [0.15, 0.2) is 5.65 Å². The summed E-state index contributed by atoms with van der Waals surface area (Å²) in [5, 5.41) is 4.63. The third-order valence-electron chi connectivity index (χ3n) is 4.36. The third kappa shape index (κ3) is 2.62. The molecular formula is C16H25N5. The molecular weight excluding hydrogens is 262 g/mol. The van der Waals surface area contributed by atoms with Gasteiger partial charge < -0.3 is 9.80 Å². The molecule has 3 rings (SSSR count). The van der Waals surface area contributed by atoms with E-state index < -0.39 is 0 Å². The molecule has 0 N–H and O–H groups in total. The second kappa shape index (κ2) is 5.30. The third-order valence-corrected chi connectivity index (χ3v) is 4.36. The molecule has 1 fully saturated rings. The minimum Gasteiger partial charge on any atom is -0.355 e. The van der Waals surface area contributed by atoms with E-state index >= 15 is 0 Å². The van der Waals surface area contributed by atoms with Gasteiger partial charge in [0.2, 0.25) is 0 Å². The van der Waals surface area contributed by atoms with Crippen molar-refractivity contribution in [2.45, 2.75) is 39.2 Å². The molecule has 1 aliphatic rings. The van der Waals surface area contributed by atoms with Crippen molar-refractivity contribution < 1.29 is 0 Å². The molecule has 0 aliphatic carbocycles. The van der Waals surface area contributed by atoms with E-state index in [9.17, 15) is 0 Å². The van der Waals surface area contributed by atoms with Crippen molar-refractivity contribution in [3.8, 4) is 0 Å². The van der Waals surface area contributed by atoms with E-state index in [0.29, 0.717) is 12.0 Å². The molecule has 0 spiro atoms. The fourth-order valence-electron chi connectivity index (χ4n) is 2.98. The molecule has 0 unspecified atom stereocenters. The van der Waals surface area contributed by atoms with E-state index in [-0.39, 0.29) is 0 Å². The molecule has 0 radical (unpaired) electrons. The van der Waals surface area contributed by atoms with E-state index in [1.165, 1.54) is 12.2 Å². The summed E-state index contributed by atoms with van der Waals surface area (Å²) in [7, 11) is 4.32. The molecule has 3 heterocycles. The van der Waals surface area contributed by atoms with Gasteiger partial charge in [0.25, 0.3) is 0 Å². The lowest BCUT2D eigenvalue weighted by atomic mass is 10.1. The zero-order chi connectivity index (χ0) is 15.1. The van der Waals surface area contributed by atoms with Gasteiger partial charge in [-0.3, -0.25) is 0 Å². The summed E-state index contributed by atoms with van der Waals surface area (Å²) in [5.74, 6) is 1.61. The number of aromatic nitrogens is 3. The Morgan fingerprint density at radius 3 is 2.67 bits per heavy atom. The summed E-state index contributed by atoms with van der Waals surface area (Å²) in [4.78, 5) is 9.50. The Balaban J connectivity index is 2.04. The van der Waals surface area contributed by atoms with Gasteiger partial charge in [0.1, 0.15) is 5.82 Å². The highest BCUT2D eigenvalue weighted by molar-refractivity contribution is 5.53. The Labute approximate surface area is 126 Å². The second-order valence-corrected chi connectivity index (χ2v) is 6.60. The molecule has 2 aromatic heterocycles. The summed E-state index contributed by atoms with van der Waals surface area (Å²) in [5.41, 5.74) is 3.13. The van der Waals surface area contributed by atoms with Crippen LogP contribution in [0.15, 0.2) is 12.1 Å². The average Bonchev–Trinajstić information content (AvgIpc) is 3.02. The number of hydrogen-bond acceptors (Lipinski definition) is 4. The van der Waals surface area contributed by atoms with Crippen LogP contribution in [0, 0.1) is 6.92 Å². The second-order valence-electron chi connectivity index (χ2n) is 6.60. The number of anilines is 1. The van der Waals surface area contributed by atoms with Crippen molar-refractivity contribution >= 4 is 11.5 Å². The first-order valence-corrected chi connectivity index (χ1v) is 7.74. The van der Waals surface area contributed by atoms with Crippen molar-refractivity contribution in [2.75, 3.05) is 32.1 Å². The average molecular weight is 287 g/mol. The number of nitrogens with zero attached hydrogens (tertiary/aromatic N) is 5. The van der Waals surface area contributed by atoms with Gasteiger partial charge in [-0.2, -0.15) is 9.61 Å². The smallest absolute Gasteiger partial charge is 0.157 e. The van der Waals surface area contributed by atoms with E-state index in [4.69, 9.17) is 4.98 Å². The van der Waals surface area contributed by atoms with Gasteiger partial charge in [-0.15, -0.1) is 0 Å². The van der Waals surface area contributed by atoms with Gasteiger partial charge in [-0.05, 0) is 33.4 Å². The summed E-state index contributed by atoms with van der Waals surface area (Å²) in [6.07, 6.45) is 1.20. The molecule has 1 aliphatic heterocycles. The lowest BCUT2D eigenvalue weighted by Gasteiger charge is -2.23. The van der Waals surface area contributed by atoms with Gasteiger partial charge in [0, 0.05) is 37.0 Å². The Hall–Kier alpha value is -1.62. The minimum atomic E-state index is 0.427. The van der Waals surface area contributed by atoms with Gasteiger partial charge in [0.05, 0.1) is 5.69 Å². The normalized spacial score (nSPS) is 19.4. The maximum atomic E-state index is 4.75. The maximum Gasteiger partial charge on any atom is 0.157 e. The Morgan fingerprint density at radius 2 is 2.05 bits per heavy atom. The van der Waals surface area contributed by atoms with Crippen LogP contribution in [0.3, 0.4) is 0 Å². The van der Waals surface area contributed by atoms with Crippen molar-refractivity contribution in [3.63, 3.8) is 0 Å². The molecule has 114 valence electrons. The van der Waals surface area contributed by atoms with Crippen LogP contribution in [-0.2, 0) is 0 Å². The first-order valence-electron chi connectivity index (χ1n) is 7.74. The number of rotatable bonds is 3. The summed E-state index contributed by atoms with van der Waals surface area (Å²) >= 11 is 0. The molecule has 5 heteroatoms. The highest BCUT2D eigenvalue weighted by Crippen LogP contribution is 2.26. The Bertz CT molecular complexity index is 643. The molecule has 0 bridgehead atoms. The van der Waals surface area contributed by atoms with Crippen molar-refractivity contribution in [3.05, 3.63) is 23.5 Å². The van der Waals surface area contributed by atoms with Crippen LogP contribution in [0.25, 0.3) is 5.65 Å². The SMILES string of the molecule is Cc1cc2nc(C(C)C)cc(N3CC[C@H](N(C)C)C3)n2n1. The van der Waals surface area contributed by atoms with Crippen LogP contribution in [0.2, 0.25) is 0 Å². The highest BCUT2D eigenvalue weighted by atomic mass is 15.4. The quantitative estimate of drug-likeness (QED) is 0.868. The van der Waals surface area contributed by atoms with Gasteiger partial charge >= 0.3 is 0 Å². The van der Waals surface area contributed by atoms with Crippen LogP contribution in [0.5, 0.6) is 0 Å². The first-order chi connectivity index (χ1) is 9.95. The molecule has 0 aromatic carbocycles. The maximum absolute atomic E-state index is 4.75. The van der Waals surface area contributed by atoms with E-state index in [2.05, 4.69) is 55.0 Å². The molecule has 21 heavy (non-hydrogen) atoms. The molecule has 5 nitrogen and oxygen atoms in total. The lowest BCUT2D eigenvalue weighted by molar-refractivity contribution is 0.315. The van der Waals surface area contributed by atoms with Crippen LogP contribution in [0.1, 0.15) is 37.6 Å². The number of likely N-dealkylation sites (N-methyl/N-ethyl adjacent to an activating group) is 1. The highest BCUT2D eigenvalue weighted by Gasteiger charge is 2.26. The zero-order valence-corrected chi connectivity index (χ0v) is 13.7. The largest absolute Gasteiger partial charge is 0.355 e. The van der Waals surface area contributed by atoms with E-state index in [0.717, 1.165) is 30.1 Å². The molecule has 2 aromatic rings. The topological polar surface area (TPSA) is 36.7 Å². The summed E-state index contributed by atoms with van der Waals surface area (Å²) in [6.45, 7) is 8.55. The predicted octanol–water partition coefficient (Wildman–Crippen LogP) is 2.30. The fraction of sp³-hybridized carbons (Fsp3) is 0.625. The lowest BCUT2D eigenvalue weighted by Crippen LogP contribution is -2.32. The van der Waals surface area contributed by atoms with Crippen molar-refractivity contribution in [2.24, 2.45) is 0 Å². The van der Waals surface area contributed by atoms with Gasteiger partial charge in [-0.1, -0.05) is 13.8 Å². The molecule has 1 saturated heterocycles. The molecule has 1 atom stereocenters. The Morgan fingerprint density at radius 1 is 1.29 bits per heavy atom. The van der Waals surface area contributed by atoms with Gasteiger partial charge in [-0.25, -0.2) is 4.98 Å². The van der Waals surface area contributed by atoms with Crippen LogP contribution in [-0.4, -0.2) is 52.7 Å². The minimum absolute atomic E-state index is 0.427. The fourth-order valence-corrected chi connectivity index (χ4v) is 2.98. The first kappa shape index (κ1) is 14.3. The monoisotopic (exact) mass is 287 g/mol. The predicted molar refractivity (Wildman–Crippen MR) is 86.1 cm³/mol. The van der Waals surface area contributed by atoms with Crippen LogP contribution < -0.4 is 4.90 Å². The number of fused-ring (bicyclic) bond motifs is 1. The number of hydrogen-bond donors (Lipinski definition) is 0. The van der Waals surface area contributed by atoms with E-state index in [1.54, 1.807) is 0 Å². The molecule has 0 saturated carbocycles. The zero-order valence-electron chi connectivity index (χ0n) is 13.7. The van der Waals surface area contributed by atoms with E-state index in [1.807, 2.05) is 11.4 Å².